The third-order valence-electron chi connectivity index (χ3n) is 7.06. The summed E-state index contributed by atoms with van der Waals surface area (Å²) in [6.45, 7) is 2.50. The molecule has 9 nitrogen and oxygen atoms in total. The van der Waals surface area contributed by atoms with Crippen molar-refractivity contribution in [2.24, 2.45) is 5.92 Å². The Morgan fingerprint density at radius 1 is 1.31 bits per heavy atom. The van der Waals surface area contributed by atoms with Crippen LogP contribution < -0.4 is 16.0 Å². The number of fused-ring (bicyclic) bond motifs is 1. The van der Waals surface area contributed by atoms with Gasteiger partial charge in [0.2, 0.25) is 5.95 Å². The van der Waals surface area contributed by atoms with Crippen LogP contribution in [0.15, 0.2) is 36.7 Å². The number of carbonyl (C=O) groups is 1. The van der Waals surface area contributed by atoms with Gasteiger partial charge in [-0.3, -0.25) is 9.78 Å². The highest BCUT2D eigenvalue weighted by Crippen LogP contribution is 2.41. The largest absolute Gasteiger partial charge is 0.395 e. The lowest BCUT2D eigenvalue weighted by Crippen LogP contribution is -2.28. The average molecular weight is 484 g/mol. The van der Waals surface area contributed by atoms with Crippen molar-refractivity contribution in [3.8, 4) is 17.3 Å². The molecule has 9 heteroatoms. The number of aromatic nitrogens is 3. The average Bonchev–Trinajstić information content (AvgIpc) is 3.68. The maximum absolute atomic E-state index is 12.2. The molecular weight excluding hydrogens is 454 g/mol. The van der Waals surface area contributed by atoms with E-state index in [2.05, 4.69) is 32.0 Å². The number of nitrogens with one attached hydrogen (secondary N) is 3. The number of anilines is 3. The van der Waals surface area contributed by atoms with Crippen molar-refractivity contribution in [1.82, 2.24) is 20.3 Å². The van der Waals surface area contributed by atoms with Crippen LogP contribution in [0.25, 0.3) is 11.3 Å². The molecule has 1 fully saturated rings. The third-order valence-corrected chi connectivity index (χ3v) is 7.06. The fourth-order valence-corrected chi connectivity index (χ4v) is 4.58. The van der Waals surface area contributed by atoms with Crippen LogP contribution in [0, 0.1) is 17.2 Å². The number of pyridine rings is 1. The maximum Gasteiger partial charge on any atom is 0.252 e. The minimum atomic E-state index is -0.479. The van der Waals surface area contributed by atoms with Crippen molar-refractivity contribution in [3.63, 3.8) is 0 Å². The molecule has 1 aromatic carbocycles. The van der Waals surface area contributed by atoms with Gasteiger partial charge >= 0.3 is 0 Å². The molecule has 0 spiro atoms. The molecule has 36 heavy (non-hydrogen) atoms. The molecule has 0 saturated heterocycles. The zero-order chi connectivity index (χ0) is 25.3. The number of nitrogens with zero attached hydrogens (tertiary/aromatic N) is 4. The second-order valence-electron chi connectivity index (χ2n) is 9.80. The monoisotopic (exact) mass is 483 g/mol. The molecule has 1 aliphatic heterocycles. The van der Waals surface area contributed by atoms with E-state index < -0.39 is 5.41 Å². The molecule has 0 unspecified atom stereocenters. The number of carbonyl (C=O) groups excluding carboxylic acids is 1. The van der Waals surface area contributed by atoms with Gasteiger partial charge in [0, 0.05) is 37.0 Å². The van der Waals surface area contributed by atoms with Crippen LogP contribution in [-0.2, 0) is 11.8 Å². The summed E-state index contributed by atoms with van der Waals surface area (Å²) in [5, 5.41) is 28.9. The van der Waals surface area contributed by atoms with E-state index in [1.54, 1.807) is 37.6 Å². The number of hydrogen-bond acceptors (Lipinski definition) is 8. The van der Waals surface area contributed by atoms with Crippen LogP contribution in [0.1, 0.15) is 53.4 Å². The van der Waals surface area contributed by atoms with E-state index in [4.69, 9.17) is 4.98 Å². The molecule has 2 aliphatic rings. The van der Waals surface area contributed by atoms with Crippen molar-refractivity contribution < 1.29 is 9.90 Å². The van der Waals surface area contributed by atoms with Crippen molar-refractivity contribution in [2.75, 3.05) is 30.8 Å². The summed E-state index contributed by atoms with van der Waals surface area (Å²) in [5.41, 5.74) is 5.15. The number of hydrogen-bond donors (Lipinski definition) is 4. The summed E-state index contributed by atoms with van der Waals surface area (Å²) < 4.78 is 0. The van der Waals surface area contributed by atoms with Crippen molar-refractivity contribution in [3.05, 3.63) is 59.0 Å². The summed E-state index contributed by atoms with van der Waals surface area (Å²) in [6, 6.07) is 9.62. The summed E-state index contributed by atoms with van der Waals surface area (Å²) >= 11 is 0. The Morgan fingerprint density at radius 3 is 2.86 bits per heavy atom. The van der Waals surface area contributed by atoms with Crippen molar-refractivity contribution in [1.29, 1.82) is 5.26 Å². The van der Waals surface area contributed by atoms with Gasteiger partial charge in [-0.05, 0) is 48.6 Å². The molecule has 1 amide bonds. The zero-order valence-electron chi connectivity index (χ0n) is 20.4. The van der Waals surface area contributed by atoms with Gasteiger partial charge in [-0.25, -0.2) is 9.97 Å². The summed E-state index contributed by atoms with van der Waals surface area (Å²) in [4.78, 5) is 25.9. The van der Waals surface area contributed by atoms with Crippen LogP contribution in [-0.4, -0.2) is 46.2 Å². The molecule has 4 N–H and O–H groups in total. The minimum absolute atomic E-state index is 0.0315. The lowest BCUT2D eigenvalue weighted by atomic mass is 9.83. The first kappa shape index (κ1) is 23.7. The number of aliphatic hydroxyl groups is 1. The maximum atomic E-state index is 12.2. The Labute approximate surface area is 210 Å². The van der Waals surface area contributed by atoms with E-state index in [9.17, 15) is 15.2 Å². The van der Waals surface area contributed by atoms with E-state index in [0.717, 1.165) is 41.3 Å². The van der Waals surface area contributed by atoms with E-state index in [0.29, 0.717) is 35.0 Å². The Balaban J connectivity index is 1.49. The number of amides is 1. The zero-order valence-corrected chi connectivity index (χ0v) is 20.4. The number of benzene rings is 1. The topological polar surface area (TPSA) is 136 Å². The van der Waals surface area contributed by atoms with Crippen LogP contribution >= 0.6 is 0 Å². The van der Waals surface area contributed by atoms with Gasteiger partial charge in [-0.2, -0.15) is 5.26 Å². The lowest BCUT2D eigenvalue weighted by molar-refractivity contribution is 0.0962. The number of aryl methyl sites for hydroxylation is 1. The SMILES string of the molecule is CNC(=O)c1cnc(CCC2CC2)c(Nc2nccc(-c3cc(C#N)c4c(c3)[C@@](C)(CO)CN4)n2)c1. The van der Waals surface area contributed by atoms with Crippen LogP contribution in [0.2, 0.25) is 0 Å². The minimum Gasteiger partial charge on any atom is -0.395 e. The summed E-state index contributed by atoms with van der Waals surface area (Å²) in [6.07, 6.45) is 7.66. The van der Waals surface area contributed by atoms with Gasteiger partial charge in [0.25, 0.3) is 5.91 Å². The van der Waals surface area contributed by atoms with Gasteiger partial charge in [0.05, 0.1) is 40.5 Å². The highest BCUT2D eigenvalue weighted by Gasteiger charge is 2.36. The fourth-order valence-electron chi connectivity index (χ4n) is 4.58. The van der Waals surface area contributed by atoms with Gasteiger partial charge in [-0.15, -0.1) is 0 Å². The van der Waals surface area contributed by atoms with E-state index in [1.807, 2.05) is 13.0 Å². The smallest absolute Gasteiger partial charge is 0.252 e. The van der Waals surface area contributed by atoms with E-state index in [1.165, 1.54) is 12.8 Å². The van der Waals surface area contributed by atoms with Crippen LogP contribution in [0.4, 0.5) is 17.3 Å². The first-order chi connectivity index (χ1) is 17.4. The van der Waals surface area contributed by atoms with Gasteiger partial charge < -0.3 is 21.1 Å². The van der Waals surface area contributed by atoms with Crippen LogP contribution in [0.3, 0.4) is 0 Å². The molecule has 184 valence electrons. The number of nitriles is 1. The first-order valence-corrected chi connectivity index (χ1v) is 12.2. The molecule has 1 saturated carbocycles. The third kappa shape index (κ3) is 4.60. The lowest BCUT2D eigenvalue weighted by Gasteiger charge is -2.21. The number of aliphatic hydroxyl groups excluding tert-OH is 1. The molecule has 3 heterocycles. The highest BCUT2D eigenvalue weighted by molar-refractivity contribution is 5.94. The normalized spacial score (nSPS) is 18.2. The number of rotatable bonds is 8. The van der Waals surface area contributed by atoms with Gasteiger partial charge in [-0.1, -0.05) is 19.8 Å². The van der Waals surface area contributed by atoms with Crippen molar-refractivity contribution in [2.45, 2.75) is 38.0 Å². The molecule has 1 atom stereocenters. The molecule has 3 aromatic rings. The highest BCUT2D eigenvalue weighted by atomic mass is 16.3. The Hall–Kier alpha value is -4.03. The Kier molecular flexibility index (Phi) is 6.29. The van der Waals surface area contributed by atoms with Crippen LogP contribution in [0.5, 0.6) is 0 Å². The fraction of sp³-hybridized carbons (Fsp3) is 0.370. The molecule has 2 aromatic heterocycles. The first-order valence-electron chi connectivity index (χ1n) is 12.2. The molecular formula is C27H29N7O2. The molecule has 0 radical (unpaired) electrons. The van der Waals surface area contributed by atoms with E-state index in [-0.39, 0.29) is 12.5 Å². The quantitative estimate of drug-likeness (QED) is 0.382. The van der Waals surface area contributed by atoms with E-state index >= 15 is 0 Å². The summed E-state index contributed by atoms with van der Waals surface area (Å²) in [7, 11) is 1.59. The Morgan fingerprint density at radius 2 is 2.14 bits per heavy atom. The van der Waals surface area contributed by atoms with Gasteiger partial charge in [0.15, 0.2) is 0 Å². The standard InChI is InChI=1S/C27H29N7O2/c1-27(15-35)14-32-24-18(12-28)9-17(10-20(24)27)21-7-8-30-26(33-21)34-23-11-19(25(36)29-2)13-31-22(23)6-5-16-3-4-16/h7-11,13,16,32,35H,3-6,14-15H2,1-2H3,(H,29,36)(H,30,33,34)/t27-/m1/s1. The molecule has 1 aliphatic carbocycles. The van der Waals surface area contributed by atoms with Crippen molar-refractivity contribution >= 4 is 23.2 Å². The second-order valence-corrected chi connectivity index (χ2v) is 9.80. The Bertz CT molecular complexity index is 1360. The second kappa shape index (κ2) is 9.55. The molecule has 0 bridgehead atoms. The predicted molar refractivity (Wildman–Crippen MR) is 137 cm³/mol. The molecule has 5 rings (SSSR count). The summed E-state index contributed by atoms with van der Waals surface area (Å²) in [5.74, 6) is 0.917. The van der Waals surface area contributed by atoms with Gasteiger partial charge in [0.1, 0.15) is 6.07 Å². The predicted octanol–water partition coefficient (Wildman–Crippen LogP) is 3.53.